The van der Waals surface area contributed by atoms with E-state index in [0.717, 1.165) is 37.8 Å². The van der Waals surface area contributed by atoms with Gasteiger partial charge in [0.05, 0.1) is 5.92 Å². The molecule has 0 spiro atoms. The molecular weight excluding hydrogens is 364 g/mol. The van der Waals surface area contributed by atoms with Crippen molar-refractivity contribution in [3.63, 3.8) is 0 Å². The second-order valence-corrected chi connectivity index (χ2v) is 6.50. The van der Waals surface area contributed by atoms with E-state index in [1.165, 1.54) is 12.1 Å². The zero-order chi connectivity index (χ0) is 19.6. The van der Waals surface area contributed by atoms with Gasteiger partial charge in [0.1, 0.15) is 11.6 Å². The normalized spacial score (nSPS) is 17.0. The predicted octanol–water partition coefficient (Wildman–Crippen LogP) is 1.98. The van der Waals surface area contributed by atoms with Crippen LogP contribution in [0.1, 0.15) is 42.0 Å². The number of aliphatic carboxylic acids is 2. The maximum Gasteiger partial charge on any atom is 0.414 e. The molecule has 4 rings (SSSR count). The average Bonchev–Trinajstić information content (AvgIpc) is 3.32. The van der Waals surface area contributed by atoms with Gasteiger partial charge in [-0.1, -0.05) is 5.16 Å². The Kier molecular flexibility index (Phi) is 5.45. The summed E-state index contributed by atoms with van der Waals surface area (Å²) in [6, 6.07) is 3.55. The first-order chi connectivity index (χ1) is 12.8. The highest BCUT2D eigenvalue weighted by Gasteiger charge is 2.35. The summed E-state index contributed by atoms with van der Waals surface area (Å²) in [5, 5.41) is 18.8. The van der Waals surface area contributed by atoms with E-state index in [-0.39, 0.29) is 11.7 Å². The molecule has 2 heterocycles. The van der Waals surface area contributed by atoms with E-state index in [2.05, 4.69) is 10.1 Å². The van der Waals surface area contributed by atoms with Crippen molar-refractivity contribution in [2.75, 3.05) is 13.1 Å². The van der Waals surface area contributed by atoms with Crippen molar-refractivity contribution in [1.82, 2.24) is 15.0 Å². The maximum absolute atomic E-state index is 13.6. The molecule has 0 radical (unpaired) electrons. The van der Waals surface area contributed by atoms with E-state index in [1.807, 2.05) is 4.90 Å². The molecule has 1 aromatic carbocycles. The molecule has 2 aromatic rings. The molecule has 27 heavy (non-hydrogen) atoms. The molecule has 2 fully saturated rings. The Bertz CT molecular complexity index is 835. The van der Waals surface area contributed by atoms with Crippen molar-refractivity contribution >= 4 is 11.9 Å². The third kappa shape index (κ3) is 4.85. The number of nitrogens with zero attached hydrogens (tertiary/aromatic N) is 3. The fraction of sp³-hybridized carbons (Fsp3) is 0.412. The number of benzene rings is 1. The quantitative estimate of drug-likeness (QED) is 0.772. The standard InChI is InChI=1S/C15H15F2N3O.C2H2O4/c16-12-3-4-13(17)10(5-12)6-20-7-11(8-20)15-18-14(19-21-15)9-1-2-9;3-1(4)2(5)6/h3-5,9,11H,1-2,6-8H2;(H,3,4)(H,5,6). The van der Waals surface area contributed by atoms with Crippen LogP contribution in [0.25, 0.3) is 0 Å². The van der Waals surface area contributed by atoms with Gasteiger partial charge in [0.15, 0.2) is 5.82 Å². The molecule has 1 saturated carbocycles. The number of carboxylic acid groups (broad SMARTS) is 2. The summed E-state index contributed by atoms with van der Waals surface area (Å²) >= 11 is 0. The monoisotopic (exact) mass is 381 g/mol. The Morgan fingerprint density at radius 2 is 1.81 bits per heavy atom. The largest absolute Gasteiger partial charge is 0.473 e. The number of aromatic nitrogens is 2. The van der Waals surface area contributed by atoms with E-state index >= 15 is 0 Å². The van der Waals surface area contributed by atoms with Gasteiger partial charge in [-0.15, -0.1) is 0 Å². The fourth-order valence-corrected chi connectivity index (χ4v) is 2.68. The van der Waals surface area contributed by atoms with Crippen LogP contribution in [0.3, 0.4) is 0 Å². The van der Waals surface area contributed by atoms with Crippen LogP contribution in [0.2, 0.25) is 0 Å². The van der Waals surface area contributed by atoms with Gasteiger partial charge in [-0.3, -0.25) is 4.90 Å². The van der Waals surface area contributed by atoms with Crippen molar-refractivity contribution in [3.05, 3.63) is 47.1 Å². The van der Waals surface area contributed by atoms with Crippen molar-refractivity contribution in [1.29, 1.82) is 0 Å². The summed E-state index contributed by atoms with van der Waals surface area (Å²) in [7, 11) is 0. The lowest BCUT2D eigenvalue weighted by molar-refractivity contribution is -0.159. The Hall–Kier alpha value is -2.88. The van der Waals surface area contributed by atoms with Gasteiger partial charge in [0.2, 0.25) is 5.89 Å². The summed E-state index contributed by atoms with van der Waals surface area (Å²) < 4.78 is 32.0. The number of hydrogen-bond acceptors (Lipinski definition) is 6. The van der Waals surface area contributed by atoms with Crippen LogP contribution in [0.5, 0.6) is 0 Å². The number of halogens is 2. The summed E-state index contributed by atoms with van der Waals surface area (Å²) in [5.74, 6) is -2.23. The third-order valence-corrected chi connectivity index (χ3v) is 4.29. The van der Waals surface area contributed by atoms with Crippen LogP contribution in [0.15, 0.2) is 22.7 Å². The van der Waals surface area contributed by atoms with Crippen LogP contribution in [0, 0.1) is 11.6 Å². The molecule has 2 aliphatic rings. The molecule has 8 nitrogen and oxygen atoms in total. The van der Waals surface area contributed by atoms with Gasteiger partial charge in [0, 0.05) is 31.1 Å². The number of rotatable bonds is 4. The Labute approximate surface area is 152 Å². The third-order valence-electron chi connectivity index (χ3n) is 4.29. The van der Waals surface area contributed by atoms with Crippen molar-refractivity contribution in [2.24, 2.45) is 0 Å². The first kappa shape index (κ1) is 18.9. The zero-order valence-electron chi connectivity index (χ0n) is 14.1. The van der Waals surface area contributed by atoms with Crippen molar-refractivity contribution < 1.29 is 33.1 Å². The van der Waals surface area contributed by atoms with Gasteiger partial charge in [0.25, 0.3) is 0 Å². The van der Waals surface area contributed by atoms with E-state index in [9.17, 15) is 8.78 Å². The van der Waals surface area contributed by atoms with Gasteiger partial charge < -0.3 is 14.7 Å². The summed E-state index contributed by atoms with van der Waals surface area (Å²) in [6.07, 6.45) is 2.29. The van der Waals surface area contributed by atoms with Gasteiger partial charge in [-0.05, 0) is 31.0 Å². The van der Waals surface area contributed by atoms with Crippen LogP contribution in [0.4, 0.5) is 8.78 Å². The van der Waals surface area contributed by atoms with Crippen LogP contribution >= 0.6 is 0 Å². The van der Waals surface area contributed by atoms with Crippen molar-refractivity contribution in [3.8, 4) is 0 Å². The first-order valence-electron chi connectivity index (χ1n) is 8.29. The molecule has 1 saturated heterocycles. The smallest absolute Gasteiger partial charge is 0.414 e. The van der Waals surface area contributed by atoms with E-state index < -0.39 is 17.8 Å². The molecule has 0 amide bonds. The highest BCUT2D eigenvalue weighted by molar-refractivity contribution is 6.27. The molecule has 0 bridgehead atoms. The highest BCUT2D eigenvalue weighted by Crippen LogP contribution is 2.39. The molecular formula is C17H17F2N3O5. The van der Waals surface area contributed by atoms with Crippen LogP contribution < -0.4 is 0 Å². The minimum Gasteiger partial charge on any atom is -0.473 e. The van der Waals surface area contributed by atoms with E-state index in [4.69, 9.17) is 24.3 Å². The molecule has 1 aliphatic heterocycles. The fourth-order valence-electron chi connectivity index (χ4n) is 2.68. The maximum atomic E-state index is 13.6. The minimum atomic E-state index is -1.82. The zero-order valence-corrected chi connectivity index (χ0v) is 14.1. The van der Waals surface area contributed by atoms with Crippen LogP contribution in [-0.2, 0) is 16.1 Å². The number of likely N-dealkylation sites (tertiary alicyclic amines) is 1. The number of carboxylic acids is 2. The second kappa shape index (κ2) is 7.78. The number of hydrogen-bond donors (Lipinski definition) is 2. The highest BCUT2D eigenvalue weighted by atomic mass is 19.1. The number of carbonyl (C=O) groups is 2. The lowest BCUT2D eigenvalue weighted by Crippen LogP contribution is -2.44. The Balaban J connectivity index is 0.000000307. The molecule has 1 aromatic heterocycles. The lowest BCUT2D eigenvalue weighted by Gasteiger charge is -2.37. The Morgan fingerprint density at radius 1 is 1.15 bits per heavy atom. The molecule has 144 valence electrons. The SMILES string of the molecule is Fc1ccc(F)c(CN2CC(c3nc(C4CC4)no3)C2)c1.O=C(O)C(=O)O. The first-order valence-corrected chi connectivity index (χ1v) is 8.29. The van der Waals surface area contributed by atoms with Gasteiger partial charge >= 0.3 is 11.9 Å². The summed E-state index contributed by atoms with van der Waals surface area (Å²) in [4.78, 5) is 24.7. The minimum absolute atomic E-state index is 0.210. The summed E-state index contributed by atoms with van der Waals surface area (Å²) in [5.41, 5.74) is 0.387. The van der Waals surface area contributed by atoms with Crippen molar-refractivity contribution in [2.45, 2.75) is 31.2 Å². The predicted molar refractivity (Wildman–Crippen MR) is 85.9 cm³/mol. The van der Waals surface area contributed by atoms with Gasteiger partial charge in [-0.2, -0.15) is 4.98 Å². The topological polar surface area (TPSA) is 117 Å². The molecule has 1 aliphatic carbocycles. The molecule has 10 heteroatoms. The molecule has 2 N–H and O–H groups in total. The summed E-state index contributed by atoms with van der Waals surface area (Å²) in [6.45, 7) is 1.88. The second-order valence-electron chi connectivity index (χ2n) is 6.50. The molecule has 0 unspecified atom stereocenters. The average molecular weight is 381 g/mol. The van der Waals surface area contributed by atoms with E-state index in [0.29, 0.717) is 23.9 Å². The van der Waals surface area contributed by atoms with Gasteiger partial charge in [-0.25, -0.2) is 18.4 Å². The lowest BCUT2D eigenvalue weighted by atomic mass is 9.99. The van der Waals surface area contributed by atoms with E-state index in [1.54, 1.807) is 0 Å². The van der Waals surface area contributed by atoms with Crippen LogP contribution in [-0.4, -0.2) is 50.3 Å². The Morgan fingerprint density at radius 3 is 2.41 bits per heavy atom. The molecule has 0 atom stereocenters.